The first-order valence-corrected chi connectivity index (χ1v) is 11.4. The molecule has 0 bridgehead atoms. The lowest BCUT2D eigenvalue weighted by molar-refractivity contribution is 1.71. The monoisotopic (exact) mass is 407 g/mol. The molecule has 0 heterocycles. The quantitative estimate of drug-likeness (QED) is 0.305. The third-order valence-corrected chi connectivity index (χ3v) is 7.34. The Morgan fingerprint density at radius 3 is 0.969 bits per heavy atom. The number of rotatable bonds is 3. The lowest BCUT2D eigenvalue weighted by Gasteiger charge is -2.42. The van der Waals surface area contributed by atoms with Crippen LogP contribution in [0.2, 0.25) is 6.82 Å². The molecule has 0 fully saturated rings. The van der Waals surface area contributed by atoms with Gasteiger partial charge in [0, 0.05) is 0 Å². The topological polar surface area (TPSA) is 0 Å². The van der Waals surface area contributed by atoms with E-state index in [1.54, 1.807) is 0 Å². The third kappa shape index (κ3) is 2.78. The number of hydrogen-bond donors (Lipinski definition) is 0. The molecule has 0 atom stereocenters. The summed E-state index contributed by atoms with van der Waals surface area (Å²) >= 11 is 0. The standard InChI is InChI=1S/C31H24B/c1-32(29-20-8-14-23-11-2-5-17-26(23)29,30-21-9-15-24-12-3-6-18-27(24)30)31-22-10-16-25-13-4-7-19-28(25)31/h2-22H,1H3/q-1. The normalized spacial score (nSPS) is 11.9. The van der Waals surface area contributed by atoms with Crippen LogP contribution in [0.25, 0.3) is 32.3 Å². The van der Waals surface area contributed by atoms with Crippen molar-refractivity contribution in [3.8, 4) is 0 Å². The summed E-state index contributed by atoms with van der Waals surface area (Å²) in [6, 6.07) is 46.7. The molecule has 0 N–H and O–H groups in total. The molecule has 0 amide bonds. The van der Waals surface area contributed by atoms with Crippen LogP contribution in [0, 0.1) is 0 Å². The van der Waals surface area contributed by atoms with Gasteiger partial charge < -0.3 is 0 Å². The van der Waals surface area contributed by atoms with Crippen LogP contribution in [0.15, 0.2) is 127 Å². The first kappa shape index (κ1) is 18.9. The van der Waals surface area contributed by atoms with E-state index in [9.17, 15) is 0 Å². The largest absolute Gasteiger partial charge is 0.192 e. The van der Waals surface area contributed by atoms with Gasteiger partial charge in [-0.2, -0.15) is 23.2 Å². The molecular formula is C31H24B-. The molecule has 0 radical (unpaired) electrons. The van der Waals surface area contributed by atoms with Gasteiger partial charge in [0.15, 0.2) is 0 Å². The molecule has 6 aromatic rings. The van der Waals surface area contributed by atoms with Crippen molar-refractivity contribution < 1.29 is 0 Å². The van der Waals surface area contributed by atoms with Gasteiger partial charge in [0.25, 0.3) is 0 Å². The van der Waals surface area contributed by atoms with Crippen LogP contribution in [0.5, 0.6) is 0 Å². The summed E-state index contributed by atoms with van der Waals surface area (Å²) in [6.45, 7) is 2.46. The Balaban J connectivity index is 1.81. The summed E-state index contributed by atoms with van der Waals surface area (Å²) in [7, 11) is 0. The molecule has 0 saturated carbocycles. The molecule has 1 heteroatoms. The average molecular weight is 407 g/mol. The molecule has 0 nitrogen and oxygen atoms in total. The van der Waals surface area contributed by atoms with Crippen molar-refractivity contribution in [3.05, 3.63) is 127 Å². The Labute approximate surface area is 189 Å². The minimum atomic E-state index is -1.25. The van der Waals surface area contributed by atoms with E-state index in [1.807, 2.05) is 0 Å². The number of fused-ring (bicyclic) bond motifs is 3. The van der Waals surface area contributed by atoms with Gasteiger partial charge in [0.05, 0.1) is 6.15 Å². The van der Waals surface area contributed by atoms with Gasteiger partial charge in [-0.1, -0.05) is 144 Å². The summed E-state index contributed by atoms with van der Waals surface area (Å²) in [4.78, 5) is 0. The van der Waals surface area contributed by atoms with Gasteiger partial charge in [0.2, 0.25) is 0 Å². The van der Waals surface area contributed by atoms with Crippen molar-refractivity contribution in [3.63, 3.8) is 0 Å². The molecule has 0 spiro atoms. The number of benzene rings is 6. The summed E-state index contributed by atoms with van der Waals surface area (Å²) < 4.78 is 0. The van der Waals surface area contributed by atoms with Crippen molar-refractivity contribution in [2.75, 3.05) is 0 Å². The van der Waals surface area contributed by atoms with E-state index in [2.05, 4.69) is 134 Å². The predicted octanol–water partition coefficient (Wildman–Crippen LogP) is 6.25. The fourth-order valence-electron chi connectivity index (χ4n) is 5.76. The Kier molecular flexibility index (Phi) is 4.36. The molecule has 0 aromatic heterocycles. The minimum absolute atomic E-state index is 1.25. The van der Waals surface area contributed by atoms with Crippen molar-refractivity contribution in [2.45, 2.75) is 6.82 Å². The molecule has 0 aliphatic rings. The van der Waals surface area contributed by atoms with Crippen LogP contribution < -0.4 is 16.4 Å². The van der Waals surface area contributed by atoms with Crippen LogP contribution >= 0.6 is 0 Å². The number of hydrogen-bond acceptors (Lipinski definition) is 0. The van der Waals surface area contributed by atoms with Crippen LogP contribution in [-0.4, -0.2) is 6.15 Å². The zero-order chi connectivity index (χ0) is 21.5. The Morgan fingerprint density at radius 2 is 0.625 bits per heavy atom. The van der Waals surface area contributed by atoms with Gasteiger partial charge in [-0.15, -0.1) is 0 Å². The minimum Gasteiger partial charge on any atom is -0.192 e. The van der Waals surface area contributed by atoms with Crippen LogP contribution in [0.1, 0.15) is 0 Å². The summed E-state index contributed by atoms with van der Waals surface area (Å²) in [5.74, 6) is 0. The lowest BCUT2D eigenvalue weighted by atomic mass is 9.16. The first-order valence-electron chi connectivity index (χ1n) is 11.4. The Morgan fingerprint density at radius 1 is 0.344 bits per heavy atom. The molecule has 0 saturated heterocycles. The maximum Gasteiger partial charge on any atom is 0.0810 e. The van der Waals surface area contributed by atoms with E-state index in [1.165, 1.54) is 48.7 Å². The maximum atomic E-state index is 2.46. The average Bonchev–Trinajstić information content (AvgIpc) is 2.87. The molecule has 6 aromatic carbocycles. The third-order valence-electron chi connectivity index (χ3n) is 7.34. The van der Waals surface area contributed by atoms with Gasteiger partial charge >= 0.3 is 0 Å². The lowest BCUT2D eigenvalue weighted by Crippen LogP contribution is -2.65. The van der Waals surface area contributed by atoms with Crippen molar-refractivity contribution >= 4 is 54.9 Å². The molecule has 32 heavy (non-hydrogen) atoms. The van der Waals surface area contributed by atoms with E-state index >= 15 is 0 Å². The highest BCUT2D eigenvalue weighted by molar-refractivity contribution is 7.13. The molecule has 0 aliphatic heterocycles. The van der Waals surface area contributed by atoms with Crippen LogP contribution in [0.4, 0.5) is 0 Å². The Bertz CT molecular complexity index is 1390. The van der Waals surface area contributed by atoms with Gasteiger partial charge in [0.1, 0.15) is 0 Å². The van der Waals surface area contributed by atoms with Crippen molar-refractivity contribution in [1.29, 1.82) is 0 Å². The highest BCUT2D eigenvalue weighted by Gasteiger charge is 2.28. The van der Waals surface area contributed by atoms with Crippen LogP contribution in [0.3, 0.4) is 0 Å². The first-order chi connectivity index (χ1) is 15.8. The Hall–Kier alpha value is -3.84. The smallest absolute Gasteiger partial charge is 0.0810 e. The highest BCUT2D eigenvalue weighted by atomic mass is 14.1. The molecule has 6 rings (SSSR count). The summed E-state index contributed by atoms with van der Waals surface area (Å²) in [6.07, 6.45) is -1.25. The zero-order valence-corrected chi connectivity index (χ0v) is 18.2. The molecule has 0 aliphatic carbocycles. The maximum absolute atomic E-state index is 2.46. The summed E-state index contributed by atoms with van der Waals surface area (Å²) in [5, 5.41) is 7.87. The second-order valence-corrected chi connectivity index (χ2v) is 9.00. The van der Waals surface area contributed by atoms with Gasteiger partial charge in [-0.05, 0) is 16.2 Å². The molecular weight excluding hydrogens is 383 g/mol. The zero-order valence-electron chi connectivity index (χ0n) is 18.2. The fourth-order valence-corrected chi connectivity index (χ4v) is 5.76. The van der Waals surface area contributed by atoms with E-state index in [0.29, 0.717) is 0 Å². The predicted molar refractivity (Wildman–Crippen MR) is 142 cm³/mol. The molecule has 152 valence electrons. The van der Waals surface area contributed by atoms with E-state index in [4.69, 9.17) is 0 Å². The summed E-state index contributed by atoms with van der Waals surface area (Å²) in [5.41, 5.74) is 4.20. The van der Waals surface area contributed by atoms with Gasteiger partial charge in [-0.3, -0.25) is 0 Å². The van der Waals surface area contributed by atoms with Crippen molar-refractivity contribution in [1.82, 2.24) is 0 Å². The van der Waals surface area contributed by atoms with Crippen LogP contribution in [-0.2, 0) is 0 Å². The van der Waals surface area contributed by atoms with E-state index < -0.39 is 6.15 Å². The van der Waals surface area contributed by atoms with Gasteiger partial charge in [-0.25, -0.2) is 0 Å². The fraction of sp³-hybridized carbons (Fsp3) is 0.0323. The second-order valence-electron chi connectivity index (χ2n) is 9.00. The SMILES string of the molecule is C[B-](c1cccc2ccccc12)(c1cccc2ccccc12)c1cccc2ccccc12. The van der Waals surface area contributed by atoms with E-state index in [0.717, 1.165) is 0 Å². The van der Waals surface area contributed by atoms with Crippen molar-refractivity contribution in [2.24, 2.45) is 0 Å². The molecule has 0 unspecified atom stereocenters. The highest BCUT2D eigenvalue weighted by Crippen LogP contribution is 2.23. The van der Waals surface area contributed by atoms with E-state index in [-0.39, 0.29) is 0 Å². The second kappa shape index (κ2) is 7.39.